The van der Waals surface area contributed by atoms with Crippen LogP contribution < -0.4 is 5.73 Å². The molecular formula is C11H11BrFNO. The average Bonchev–Trinajstić information content (AvgIpc) is 2.75. The molecule has 0 aliphatic heterocycles. The van der Waals surface area contributed by atoms with Crippen LogP contribution in [0.25, 0.3) is 0 Å². The lowest BCUT2D eigenvalue weighted by atomic mass is 9.96. The zero-order valence-corrected chi connectivity index (χ0v) is 9.84. The van der Waals surface area contributed by atoms with Gasteiger partial charge in [-0.25, -0.2) is 4.39 Å². The third-order valence-corrected chi connectivity index (χ3v) is 3.55. The molecule has 0 amide bonds. The first kappa shape index (κ1) is 10.6. The monoisotopic (exact) mass is 271 g/mol. The van der Waals surface area contributed by atoms with Gasteiger partial charge < -0.3 is 5.73 Å². The third-order valence-electron chi connectivity index (χ3n) is 2.89. The van der Waals surface area contributed by atoms with Crippen LogP contribution in [0.4, 0.5) is 10.1 Å². The van der Waals surface area contributed by atoms with Crippen LogP contribution in [0.2, 0.25) is 0 Å². The summed E-state index contributed by atoms with van der Waals surface area (Å²) < 4.78 is 13.7. The van der Waals surface area contributed by atoms with Crippen LogP contribution >= 0.6 is 15.9 Å². The molecule has 2 rings (SSSR count). The van der Waals surface area contributed by atoms with Gasteiger partial charge in [0.15, 0.2) is 5.78 Å². The van der Waals surface area contributed by atoms with Crippen molar-refractivity contribution in [2.75, 3.05) is 5.73 Å². The van der Waals surface area contributed by atoms with Crippen molar-refractivity contribution in [2.45, 2.75) is 19.5 Å². The minimum Gasteiger partial charge on any atom is -0.399 e. The summed E-state index contributed by atoms with van der Waals surface area (Å²) in [4.78, 5) is 12.0. The maximum absolute atomic E-state index is 13.0. The Bertz CT molecular complexity index is 435. The van der Waals surface area contributed by atoms with Gasteiger partial charge in [-0.3, -0.25) is 4.79 Å². The molecule has 1 aromatic rings. The Morgan fingerprint density at radius 3 is 2.73 bits per heavy atom. The molecule has 0 saturated heterocycles. The topological polar surface area (TPSA) is 43.1 Å². The van der Waals surface area contributed by atoms with E-state index in [1.54, 1.807) is 25.1 Å². The number of ketones is 1. The Labute approximate surface area is 95.8 Å². The lowest BCUT2D eigenvalue weighted by Crippen LogP contribution is -2.15. The van der Waals surface area contributed by atoms with Crippen molar-refractivity contribution >= 4 is 27.4 Å². The van der Waals surface area contributed by atoms with Crippen LogP contribution in [0.3, 0.4) is 0 Å². The fourth-order valence-corrected chi connectivity index (χ4v) is 2.15. The molecule has 0 radical (unpaired) electrons. The first-order chi connectivity index (χ1) is 6.95. The highest BCUT2D eigenvalue weighted by Crippen LogP contribution is 2.51. The van der Waals surface area contributed by atoms with Gasteiger partial charge in [-0.2, -0.15) is 0 Å². The number of anilines is 1. The number of halogens is 2. The number of nitrogen functional groups attached to an aromatic ring is 1. The SMILES string of the molecule is CC1(C(=O)c2ccc(N)cc2Br)CC1F. The van der Waals surface area contributed by atoms with Crippen molar-refractivity contribution in [3.8, 4) is 0 Å². The predicted molar refractivity (Wildman–Crippen MR) is 60.5 cm³/mol. The molecule has 1 aliphatic rings. The van der Waals surface area contributed by atoms with E-state index in [-0.39, 0.29) is 5.78 Å². The van der Waals surface area contributed by atoms with Crippen molar-refractivity contribution in [2.24, 2.45) is 5.41 Å². The molecule has 15 heavy (non-hydrogen) atoms. The molecule has 1 aromatic carbocycles. The second kappa shape index (κ2) is 3.30. The van der Waals surface area contributed by atoms with Crippen LogP contribution in [0, 0.1) is 5.41 Å². The van der Waals surface area contributed by atoms with E-state index in [4.69, 9.17) is 5.73 Å². The molecule has 0 bridgehead atoms. The predicted octanol–water partition coefficient (Wildman–Crippen LogP) is 2.96. The number of hydrogen-bond acceptors (Lipinski definition) is 2. The molecule has 0 spiro atoms. The van der Waals surface area contributed by atoms with Crippen molar-refractivity contribution in [3.63, 3.8) is 0 Å². The second-order valence-corrected chi connectivity index (χ2v) is 5.01. The Kier molecular flexibility index (Phi) is 2.34. The van der Waals surface area contributed by atoms with Crippen LogP contribution in [0.5, 0.6) is 0 Å². The molecule has 0 heterocycles. The van der Waals surface area contributed by atoms with E-state index < -0.39 is 11.6 Å². The summed E-state index contributed by atoms with van der Waals surface area (Å²) in [5, 5.41) is 0. The van der Waals surface area contributed by atoms with Crippen LogP contribution in [0.15, 0.2) is 22.7 Å². The summed E-state index contributed by atoms with van der Waals surface area (Å²) in [6.07, 6.45) is -0.683. The van der Waals surface area contributed by atoms with Crippen LogP contribution in [0.1, 0.15) is 23.7 Å². The quantitative estimate of drug-likeness (QED) is 0.664. The molecule has 1 saturated carbocycles. The number of benzene rings is 1. The molecule has 4 heteroatoms. The Balaban J connectivity index is 2.35. The van der Waals surface area contributed by atoms with Gasteiger partial charge in [0.1, 0.15) is 6.17 Å². The highest BCUT2D eigenvalue weighted by atomic mass is 79.9. The molecule has 1 fully saturated rings. The van der Waals surface area contributed by atoms with Gasteiger partial charge in [0.2, 0.25) is 0 Å². The number of carbonyl (C=O) groups is 1. The van der Waals surface area contributed by atoms with E-state index >= 15 is 0 Å². The number of carbonyl (C=O) groups excluding carboxylic acids is 1. The molecule has 2 atom stereocenters. The van der Waals surface area contributed by atoms with E-state index in [0.29, 0.717) is 22.1 Å². The lowest BCUT2D eigenvalue weighted by molar-refractivity contribution is 0.0892. The van der Waals surface area contributed by atoms with E-state index in [1.165, 1.54) is 0 Å². The largest absolute Gasteiger partial charge is 0.399 e. The summed E-state index contributed by atoms with van der Waals surface area (Å²) in [6, 6.07) is 4.95. The first-order valence-corrected chi connectivity index (χ1v) is 5.48. The average molecular weight is 272 g/mol. The van der Waals surface area contributed by atoms with Gasteiger partial charge >= 0.3 is 0 Å². The highest BCUT2D eigenvalue weighted by molar-refractivity contribution is 9.10. The smallest absolute Gasteiger partial charge is 0.172 e. The summed E-state index contributed by atoms with van der Waals surface area (Å²) in [6.45, 7) is 1.66. The summed E-state index contributed by atoms with van der Waals surface area (Å²) in [5.41, 5.74) is 5.83. The molecule has 2 nitrogen and oxygen atoms in total. The maximum Gasteiger partial charge on any atom is 0.172 e. The number of Topliss-reactive ketones (excluding diaryl/α,β-unsaturated/α-hetero) is 1. The number of alkyl halides is 1. The Hall–Kier alpha value is -0.900. The van der Waals surface area contributed by atoms with Gasteiger partial charge in [0.05, 0.1) is 5.41 Å². The summed E-state index contributed by atoms with van der Waals surface area (Å²) in [7, 11) is 0. The van der Waals surface area contributed by atoms with Gasteiger partial charge in [0, 0.05) is 15.7 Å². The van der Waals surface area contributed by atoms with Gasteiger partial charge in [-0.15, -0.1) is 0 Å². The standard InChI is InChI=1S/C11H11BrFNO/c1-11(5-9(11)13)10(15)7-3-2-6(14)4-8(7)12/h2-4,9H,5,14H2,1H3. The maximum atomic E-state index is 13.0. The zero-order valence-electron chi connectivity index (χ0n) is 8.26. The third kappa shape index (κ3) is 1.67. The molecule has 0 aromatic heterocycles. The van der Waals surface area contributed by atoms with Gasteiger partial charge in [-0.1, -0.05) is 0 Å². The molecule has 2 unspecified atom stereocenters. The van der Waals surface area contributed by atoms with Crippen LogP contribution in [-0.4, -0.2) is 12.0 Å². The lowest BCUT2D eigenvalue weighted by Gasteiger charge is -2.09. The normalized spacial score (nSPS) is 28.9. The minimum atomic E-state index is -1.01. The Morgan fingerprint density at radius 2 is 2.27 bits per heavy atom. The van der Waals surface area contributed by atoms with E-state index in [2.05, 4.69) is 15.9 Å². The van der Waals surface area contributed by atoms with Gasteiger partial charge in [0.25, 0.3) is 0 Å². The van der Waals surface area contributed by atoms with E-state index in [9.17, 15) is 9.18 Å². The Morgan fingerprint density at radius 1 is 1.67 bits per heavy atom. The van der Waals surface area contributed by atoms with Gasteiger partial charge in [-0.05, 0) is 47.5 Å². The summed E-state index contributed by atoms with van der Waals surface area (Å²) in [5.74, 6) is -0.151. The number of nitrogens with two attached hydrogens (primary N) is 1. The molecular weight excluding hydrogens is 261 g/mol. The highest BCUT2D eigenvalue weighted by Gasteiger charge is 2.57. The van der Waals surface area contributed by atoms with Crippen molar-refractivity contribution < 1.29 is 9.18 Å². The zero-order chi connectivity index (χ0) is 11.2. The number of rotatable bonds is 2. The first-order valence-electron chi connectivity index (χ1n) is 4.69. The summed E-state index contributed by atoms with van der Waals surface area (Å²) >= 11 is 3.26. The fourth-order valence-electron chi connectivity index (χ4n) is 1.57. The van der Waals surface area contributed by atoms with Crippen molar-refractivity contribution in [1.82, 2.24) is 0 Å². The molecule has 1 aliphatic carbocycles. The van der Waals surface area contributed by atoms with E-state index in [0.717, 1.165) is 0 Å². The van der Waals surface area contributed by atoms with Crippen molar-refractivity contribution in [1.29, 1.82) is 0 Å². The number of hydrogen-bond donors (Lipinski definition) is 1. The van der Waals surface area contributed by atoms with E-state index in [1.807, 2.05) is 0 Å². The van der Waals surface area contributed by atoms with Crippen LogP contribution in [-0.2, 0) is 0 Å². The minimum absolute atomic E-state index is 0.151. The molecule has 80 valence electrons. The van der Waals surface area contributed by atoms with Crippen molar-refractivity contribution in [3.05, 3.63) is 28.2 Å². The second-order valence-electron chi connectivity index (χ2n) is 4.16. The molecule has 2 N–H and O–H groups in total. The fraction of sp³-hybridized carbons (Fsp3) is 0.364.